The van der Waals surface area contributed by atoms with Crippen LogP contribution in [0.25, 0.3) is 0 Å². The van der Waals surface area contributed by atoms with E-state index in [-0.39, 0.29) is 17.8 Å². The van der Waals surface area contributed by atoms with Crippen LogP contribution in [0.5, 0.6) is 5.75 Å². The highest BCUT2D eigenvalue weighted by Gasteiger charge is 2.13. The first-order chi connectivity index (χ1) is 9.95. The van der Waals surface area contributed by atoms with Gasteiger partial charge in [0.05, 0.1) is 6.20 Å². The number of rotatable bonds is 6. The fourth-order valence-electron chi connectivity index (χ4n) is 2.19. The number of halogens is 2. The number of alkyl halides is 2. The fraction of sp³-hybridized carbons (Fsp3) is 0.400. The van der Waals surface area contributed by atoms with Gasteiger partial charge in [0, 0.05) is 30.9 Å². The molecule has 1 aromatic heterocycles. The summed E-state index contributed by atoms with van der Waals surface area (Å²) < 4.78 is 30.6. The van der Waals surface area contributed by atoms with E-state index in [1.54, 1.807) is 23.0 Å². The molecule has 2 atom stereocenters. The minimum Gasteiger partial charge on any atom is -0.435 e. The van der Waals surface area contributed by atoms with Gasteiger partial charge in [-0.25, -0.2) is 0 Å². The maximum atomic E-state index is 12.2. The van der Waals surface area contributed by atoms with Crippen LogP contribution in [0.15, 0.2) is 36.7 Å². The Hall–Kier alpha value is -1.95. The van der Waals surface area contributed by atoms with Crippen molar-refractivity contribution in [3.05, 3.63) is 47.8 Å². The van der Waals surface area contributed by atoms with E-state index in [9.17, 15) is 8.78 Å². The van der Waals surface area contributed by atoms with Crippen molar-refractivity contribution < 1.29 is 13.5 Å². The van der Waals surface area contributed by atoms with Gasteiger partial charge in [-0.3, -0.25) is 4.68 Å². The quantitative estimate of drug-likeness (QED) is 0.887. The lowest BCUT2D eigenvalue weighted by atomic mass is 10.1. The van der Waals surface area contributed by atoms with Gasteiger partial charge in [0.2, 0.25) is 0 Å². The first-order valence-corrected chi connectivity index (χ1v) is 6.75. The van der Waals surface area contributed by atoms with Crippen molar-refractivity contribution in [3.63, 3.8) is 0 Å². The molecule has 1 N–H and O–H groups in total. The molecule has 0 aliphatic heterocycles. The van der Waals surface area contributed by atoms with Gasteiger partial charge in [-0.05, 0) is 31.5 Å². The summed E-state index contributed by atoms with van der Waals surface area (Å²) in [5, 5.41) is 7.55. The van der Waals surface area contributed by atoms with Gasteiger partial charge in [-0.1, -0.05) is 12.1 Å². The van der Waals surface area contributed by atoms with Crippen LogP contribution in [0.3, 0.4) is 0 Å². The third-order valence-corrected chi connectivity index (χ3v) is 3.31. The fourth-order valence-corrected chi connectivity index (χ4v) is 2.19. The van der Waals surface area contributed by atoms with Crippen molar-refractivity contribution in [2.75, 3.05) is 0 Å². The largest absolute Gasteiger partial charge is 0.435 e. The van der Waals surface area contributed by atoms with E-state index in [1.165, 1.54) is 6.07 Å². The van der Waals surface area contributed by atoms with E-state index in [0.717, 1.165) is 11.1 Å². The SMILES string of the molecule is CC(NC(C)c1cnn(C)c1)c1cccc(OC(F)F)c1. The number of hydrogen-bond acceptors (Lipinski definition) is 3. The molecule has 0 amide bonds. The number of nitrogens with zero attached hydrogens (tertiary/aromatic N) is 2. The normalized spacial score (nSPS) is 14.2. The van der Waals surface area contributed by atoms with Gasteiger partial charge in [0.25, 0.3) is 0 Å². The Morgan fingerprint density at radius 1 is 1.19 bits per heavy atom. The van der Waals surface area contributed by atoms with Crippen molar-refractivity contribution in [3.8, 4) is 5.75 Å². The third kappa shape index (κ3) is 4.26. The summed E-state index contributed by atoms with van der Waals surface area (Å²) in [5.41, 5.74) is 1.97. The van der Waals surface area contributed by atoms with Crippen LogP contribution in [0.1, 0.15) is 37.1 Å². The molecule has 114 valence electrons. The standard InChI is InChI=1S/C15H19F2N3O/c1-10(19-11(2)13-8-18-20(3)9-13)12-5-4-6-14(7-12)21-15(16)17/h4-11,15,19H,1-3H3. The zero-order valence-electron chi connectivity index (χ0n) is 12.3. The molecule has 1 aromatic carbocycles. The molecular weight excluding hydrogens is 276 g/mol. The number of hydrogen-bond donors (Lipinski definition) is 1. The van der Waals surface area contributed by atoms with Crippen molar-refractivity contribution in [1.29, 1.82) is 0 Å². The van der Waals surface area contributed by atoms with Crippen LogP contribution >= 0.6 is 0 Å². The van der Waals surface area contributed by atoms with Gasteiger partial charge in [0.1, 0.15) is 5.75 Å². The number of aromatic nitrogens is 2. The lowest BCUT2D eigenvalue weighted by Gasteiger charge is -2.20. The Kier molecular flexibility index (Phi) is 4.90. The molecule has 0 aliphatic carbocycles. The topological polar surface area (TPSA) is 39.1 Å². The Morgan fingerprint density at radius 3 is 2.52 bits per heavy atom. The summed E-state index contributed by atoms with van der Waals surface area (Å²) in [6.07, 6.45) is 3.75. The zero-order valence-corrected chi connectivity index (χ0v) is 12.3. The summed E-state index contributed by atoms with van der Waals surface area (Å²) in [5.74, 6) is 0.171. The van der Waals surface area contributed by atoms with Crippen LogP contribution in [-0.4, -0.2) is 16.4 Å². The predicted molar refractivity (Wildman–Crippen MR) is 76.2 cm³/mol. The van der Waals surface area contributed by atoms with Gasteiger partial charge in [-0.2, -0.15) is 13.9 Å². The van der Waals surface area contributed by atoms with Gasteiger partial charge in [0.15, 0.2) is 0 Å². The highest BCUT2D eigenvalue weighted by molar-refractivity contribution is 5.30. The molecular formula is C15H19F2N3O. The highest BCUT2D eigenvalue weighted by atomic mass is 19.3. The Morgan fingerprint density at radius 2 is 1.90 bits per heavy atom. The van der Waals surface area contributed by atoms with Crippen LogP contribution in [-0.2, 0) is 7.05 Å². The predicted octanol–water partition coefficient (Wildman–Crippen LogP) is 3.43. The Bertz CT molecular complexity index is 586. The second-order valence-electron chi connectivity index (χ2n) is 5.01. The lowest BCUT2D eigenvalue weighted by Crippen LogP contribution is -2.22. The summed E-state index contributed by atoms with van der Waals surface area (Å²) in [6, 6.07) is 6.84. The Labute approximate surface area is 122 Å². The maximum Gasteiger partial charge on any atom is 0.387 e. The van der Waals surface area contributed by atoms with E-state index >= 15 is 0 Å². The second kappa shape index (κ2) is 6.67. The summed E-state index contributed by atoms with van der Waals surface area (Å²) >= 11 is 0. The van der Waals surface area contributed by atoms with E-state index in [0.29, 0.717) is 0 Å². The Balaban J connectivity index is 2.04. The molecule has 0 aliphatic rings. The van der Waals surface area contributed by atoms with E-state index < -0.39 is 6.61 Å². The molecule has 0 spiro atoms. The first kappa shape index (κ1) is 15.4. The van der Waals surface area contributed by atoms with Gasteiger partial charge >= 0.3 is 6.61 Å². The van der Waals surface area contributed by atoms with Crippen LogP contribution in [0, 0.1) is 0 Å². The van der Waals surface area contributed by atoms with Crippen molar-refractivity contribution in [2.45, 2.75) is 32.5 Å². The van der Waals surface area contributed by atoms with Crippen LogP contribution < -0.4 is 10.1 Å². The molecule has 0 fully saturated rings. The van der Waals surface area contributed by atoms with Crippen LogP contribution in [0.2, 0.25) is 0 Å². The molecule has 2 unspecified atom stereocenters. The molecule has 0 radical (unpaired) electrons. The number of nitrogens with one attached hydrogen (secondary N) is 1. The first-order valence-electron chi connectivity index (χ1n) is 6.75. The highest BCUT2D eigenvalue weighted by Crippen LogP contribution is 2.23. The number of ether oxygens (including phenoxy) is 1. The summed E-state index contributed by atoms with van der Waals surface area (Å²) in [7, 11) is 1.87. The minimum atomic E-state index is -2.81. The van der Waals surface area contributed by atoms with Crippen molar-refractivity contribution in [1.82, 2.24) is 15.1 Å². The maximum absolute atomic E-state index is 12.2. The second-order valence-corrected chi connectivity index (χ2v) is 5.01. The molecule has 0 bridgehead atoms. The molecule has 21 heavy (non-hydrogen) atoms. The molecule has 4 nitrogen and oxygen atoms in total. The summed E-state index contributed by atoms with van der Waals surface area (Å²) in [4.78, 5) is 0. The van der Waals surface area contributed by atoms with Gasteiger partial charge in [-0.15, -0.1) is 0 Å². The zero-order chi connectivity index (χ0) is 15.4. The monoisotopic (exact) mass is 295 g/mol. The smallest absolute Gasteiger partial charge is 0.387 e. The third-order valence-electron chi connectivity index (χ3n) is 3.31. The average Bonchev–Trinajstić information content (AvgIpc) is 2.85. The number of benzene rings is 1. The number of aryl methyl sites for hydroxylation is 1. The van der Waals surface area contributed by atoms with E-state index in [4.69, 9.17) is 0 Å². The van der Waals surface area contributed by atoms with E-state index in [1.807, 2.05) is 33.2 Å². The molecule has 6 heteroatoms. The van der Waals surface area contributed by atoms with Crippen molar-refractivity contribution in [2.24, 2.45) is 7.05 Å². The molecule has 0 saturated carbocycles. The average molecular weight is 295 g/mol. The summed E-state index contributed by atoms with van der Waals surface area (Å²) in [6.45, 7) is 1.21. The van der Waals surface area contributed by atoms with Gasteiger partial charge < -0.3 is 10.1 Å². The molecule has 1 heterocycles. The van der Waals surface area contributed by atoms with E-state index in [2.05, 4.69) is 15.2 Å². The molecule has 2 aromatic rings. The van der Waals surface area contributed by atoms with Crippen molar-refractivity contribution >= 4 is 0 Å². The lowest BCUT2D eigenvalue weighted by molar-refractivity contribution is -0.0499. The minimum absolute atomic E-state index is 0.00132. The molecule has 0 saturated heterocycles. The van der Waals surface area contributed by atoms with Crippen LogP contribution in [0.4, 0.5) is 8.78 Å². The molecule has 2 rings (SSSR count).